The smallest absolute Gasteiger partial charge is 0.239 e. The molecule has 25 heavy (non-hydrogen) atoms. The van der Waals surface area contributed by atoms with Gasteiger partial charge in [0.05, 0.1) is 0 Å². The van der Waals surface area contributed by atoms with Gasteiger partial charge in [0.25, 0.3) is 0 Å². The zero-order chi connectivity index (χ0) is 16.5. The van der Waals surface area contributed by atoms with E-state index in [0.29, 0.717) is 10.6 Å². The molecule has 0 atom stereocenters. The minimum Gasteiger partial charge on any atom is -1.00 e. The number of halogens is 2. The second-order valence-corrected chi connectivity index (χ2v) is 6.08. The van der Waals surface area contributed by atoms with E-state index in [4.69, 9.17) is 11.6 Å². The van der Waals surface area contributed by atoms with Crippen LogP contribution >= 0.6 is 11.6 Å². The topological polar surface area (TPSA) is 33.8 Å². The van der Waals surface area contributed by atoms with Gasteiger partial charge in [-0.2, -0.15) is 4.57 Å². The summed E-state index contributed by atoms with van der Waals surface area (Å²) in [6.45, 7) is 0.259. The van der Waals surface area contributed by atoms with Crippen molar-refractivity contribution in [3.8, 4) is 0 Å². The van der Waals surface area contributed by atoms with Crippen molar-refractivity contribution < 1.29 is 26.3 Å². The molecule has 0 N–H and O–H groups in total. The van der Waals surface area contributed by atoms with Crippen molar-refractivity contribution >= 4 is 39.2 Å². The number of fused-ring (bicyclic) bond motifs is 3. The second kappa shape index (κ2) is 7.30. The van der Waals surface area contributed by atoms with Gasteiger partial charge in [-0.15, -0.1) is 0 Å². The number of Topliss-reactive ketones (excluding diaryl/α,β-unsaturated/α-hetero) is 1. The van der Waals surface area contributed by atoms with Crippen LogP contribution in [-0.2, 0) is 6.54 Å². The molecule has 0 fully saturated rings. The van der Waals surface area contributed by atoms with Crippen molar-refractivity contribution in [1.29, 1.82) is 0 Å². The fourth-order valence-corrected chi connectivity index (χ4v) is 3.05. The van der Waals surface area contributed by atoms with E-state index in [1.54, 1.807) is 30.5 Å². The fourth-order valence-electron chi connectivity index (χ4n) is 2.92. The van der Waals surface area contributed by atoms with E-state index >= 15 is 0 Å². The molecule has 3 nitrogen and oxygen atoms in total. The lowest BCUT2D eigenvalue weighted by Gasteiger charge is -2.04. The largest absolute Gasteiger partial charge is 1.00 e. The molecule has 0 saturated heterocycles. The maximum atomic E-state index is 12.6. The Bertz CT molecular complexity index is 1060. The Morgan fingerprint density at radius 2 is 1.68 bits per heavy atom. The van der Waals surface area contributed by atoms with E-state index < -0.39 is 0 Å². The first kappa shape index (κ1) is 17.5. The van der Waals surface area contributed by atoms with Gasteiger partial charge in [0.15, 0.2) is 6.20 Å². The highest BCUT2D eigenvalue weighted by Gasteiger charge is 2.18. The summed E-state index contributed by atoms with van der Waals surface area (Å²) in [7, 11) is 0. The molecule has 0 spiro atoms. The molecule has 2 aromatic carbocycles. The van der Waals surface area contributed by atoms with Crippen molar-refractivity contribution in [3.63, 3.8) is 0 Å². The maximum Gasteiger partial charge on any atom is 0.239 e. The van der Waals surface area contributed by atoms with Crippen LogP contribution in [-0.4, -0.2) is 10.8 Å². The molecule has 0 aliphatic heterocycles. The van der Waals surface area contributed by atoms with E-state index in [-0.39, 0.29) is 29.3 Å². The first-order valence-electron chi connectivity index (χ1n) is 7.67. The van der Waals surface area contributed by atoms with Gasteiger partial charge in [-0.1, -0.05) is 23.7 Å². The van der Waals surface area contributed by atoms with E-state index in [2.05, 4.69) is 17.1 Å². The summed E-state index contributed by atoms with van der Waals surface area (Å²) in [6.07, 6.45) is 3.70. The van der Waals surface area contributed by atoms with Crippen LogP contribution in [0.4, 0.5) is 0 Å². The molecule has 0 unspecified atom stereocenters. The number of carbonyl (C=O) groups is 1. The van der Waals surface area contributed by atoms with Crippen LogP contribution in [0.15, 0.2) is 73.1 Å². The van der Waals surface area contributed by atoms with Gasteiger partial charge in [0, 0.05) is 33.6 Å². The summed E-state index contributed by atoms with van der Waals surface area (Å²) in [5.74, 6) is 0.0390. The van der Waals surface area contributed by atoms with Crippen molar-refractivity contribution in [2.24, 2.45) is 0 Å². The summed E-state index contributed by atoms with van der Waals surface area (Å²) in [4.78, 5) is 17.1. The molecule has 0 saturated carbocycles. The van der Waals surface area contributed by atoms with Crippen LogP contribution in [0.1, 0.15) is 10.4 Å². The Kier molecular flexibility index (Phi) is 5.11. The first-order valence-corrected chi connectivity index (χ1v) is 8.05. The lowest BCUT2D eigenvalue weighted by molar-refractivity contribution is -0.656. The van der Waals surface area contributed by atoms with Gasteiger partial charge in [-0.25, -0.2) is 4.98 Å². The van der Waals surface area contributed by atoms with E-state index in [9.17, 15) is 4.79 Å². The number of hydrogen-bond acceptors (Lipinski definition) is 2. The molecule has 0 aliphatic carbocycles. The number of rotatable bonds is 3. The molecule has 0 aliphatic rings. The van der Waals surface area contributed by atoms with Gasteiger partial charge in [0.2, 0.25) is 17.8 Å². The highest BCUT2D eigenvalue weighted by molar-refractivity contribution is 6.30. The second-order valence-electron chi connectivity index (χ2n) is 5.64. The predicted molar refractivity (Wildman–Crippen MR) is 95.2 cm³/mol. The maximum absolute atomic E-state index is 12.6. The quantitative estimate of drug-likeness (QED) is 0.287. The van der Waals surface area contributed by atoms with Crippen molar-refractivity contribution in [3.05, 3.63) is 83.6 Å². The Morgan fingerprint density at radius 1 is 0.960 bits per heavy atom. The van der Waals surface area contributed by atoms with Crippen LogP contribution in [0.2, 0.25) is 5.02 Å². The summed E-state index contributed by atoms with van der Waals surface area (Å²) < 4.78 is 1.96. The van der Waals surface area contributed by atoms with Crippen molar-refractivity contribution in [1.82, 2.24) is 4.98 Å². The molecule has 0 amide bonds. The van der Waals surface area contributed by atoms with Gasteiger partial charge < -0.3 is 17.0 Å². The number of aromatic nitrogens is 2. The Morgan fingerprint density at radius 3 is 2.48 bits per heavy atom. The van der Waals surface area contributed by atoms with Gasteiger partial charge >= 0.3 is 0 Å². The zero-order valence-electron chi connectivity index (χ0n) is 13.2. The molecule has 0 bridgehead atoms. The standard InChI is InChI=1S/C20H14ClN2O.BrH/c21-17-9-7-14(8-10-17)18(24)13-23-12-2-4-16-6-5-15-3-1-11-22-19(15)20(16)23;/h1-12H,13H2;1H/q+1;/p-1. The average Bonchev–Trinajstić information content (AvgIpc) is 2.62. The number of carbonyl (C=O) groups excluding carboxylic acids is 1. The number of benzene rings is 2. The van der Waals surface area contributed by atoms with Gasteiger partial charge in [-0.05, 0) is 42.5 Å². The highest BCUT2D eigenvalue weighted by Crippen LogP contribution is 2.20. The van der Waals surface area contributed by atoms with E-state index in [1.807, 2.05) is 35.0 Å². The summed E-state index contributed by atoms with van der Waals surface area (Å²) in [5.41, 5.74) is 2.52. The van der Waals surface area contributed by atoms with E-state index in [0.717, 1.165) is 21.8 Å². The molecule has 2 aromatic heterocycles. The van der Waals surface area contributed by atoms with Crippen LogP contribution in [0.5, 0.6) is 0 Å². The van der Waals surface area contributed by atoms with Crippen LogP contribution in [0.3, 0.4) is 0 Å². The first-order chi connectivity index (χ1) is 11.7. The predicted octanol–water partition coefficient (Wildman–Crippen LogP) is 1.22. The average molecular weight is 414 g/mol. The third kappa shape index (κ3) is 3.41. The summed E-state index contributed by atoms with van der Waals surface area (Å²) >= 11 is 5.90. The Labute approximate surface area is 160 Å². The number of ketones is 1. The zero-order valence-corrected chi connectivity index (χ0v) is 15.5. The highest BCUT2D eigenvalue weighted by atomic mass is 79.9. The molecule has 124 valence electrons. The van der Waals surface area contributed by atoms with Crippen LogP contribution in [0, 0.1) is 0 Å². The summed E-state index contributed by atoms with van der Waals surface area (Å²) in [5, 5.41) is 2.75. The summed E-state index contributed by atoms with van der Waals surface area (Å²) in [6, 6.07) is 19.0. The molecule has 5 heteroatoms. The monoisotopic (exact) mass is 412 g/mol. The molecule has 4 rings (SSSR count). The number of pyridine rings is 2. The third-order valence-corrected chi connectivity index (χ3v) is 4.34. The van der Waals surface area contributed by atoms with Gasteiger partial charge in [0.1, 0.15) is 5.52 Å². The van der Waals surface area contributed by atoms with Gasteiger partial charge in [-0.3, -0.25) is 4.79 Å². The Balaban J connectivity index is 0.00000182. The molecular formula is C20H14BrClN2O. The minimum atomic E-state index is 0. The van der Waals surface area contributed by atoms with E-state index in [1.165, 1.54) is 0 Å². The molecule has 2 heterocycles. The van der Waals surface area contributed by atoms with Crippen LogP contribution in [0.25, 0.3) is 21.8 Å². The lowest BCUT2D eigenvalue weighted by atomic mass is 10.1. The molecule has 4 aromatic rings. The minimum absolute atomic E-state index is 0. The lowest BCUT2D eigenvalue weighted by Crippen LogP contribution is -3.00. The fraction of sp³-hybridized carbons (Fsp3) is 0.0500. The van der Waals surface area contributed by atoms with Crippen molar-refractivity contribution in [2.45, 2.75) is 6.54 Å². The van der Waals surface area contributed by atoms with Crippen molar-refractivity contribution in [2.75, 3.05) is 0 Å². The SMILES string of the molecule is O=C(C[n+]1cccc2ccc3cccnc3c21)c1ccc(Cl)cc1.[Br-]. The normalized spacial score (nSPS) is 10.6. The number of nitrogens with zero attached hydrogens (tertiary/aromatic N) is 2. The number of hydrogen-bond donors (Lipinski definition) is 0. The molecule has 0 radical (unpaired) electrons. The van der Waals surface area contributed by atoms with Crippen LogP contribution < -0.4 is 21.5 Å². The molecular weight excluding hydrogens is 400 g/mol. The third-order valence-electron chi connectivity index (χ3n) is 4.09. The Hall–Kier alpha value is -2.30.